The Kier molecular flexibility index (Phi) is 3.87. The summed E-state index contributed by atoms with van der Waals surface area (Å²) >= 11 is 7.13. The van der Waals surface area contributed by atoms with E-state index in [2.05, 4.69) is 21.9 Å². The predicted octanol–water partition coefficient (Wildman–Crippen LogP) is 3.32. The highest BCUT2D eigenvalue weighted by Gasteiger charge is 2.04. The summed E-state index contributed by atoms with van der Waals surface area (Å²) in [5.41, 5.74) is 2.69. The molecular weight excluding hydrogens is 250 g/mol. The van der Waals surface area contributed by atoms with Gasteiger partial charge in [0.05, 0.1) is 22.7 Å². The first-order valence-corrected chi connectivity index (χ1v) is 7.18. The molecule has 1 heterocycles. The second kappa shape index (κ2) is 5.39. The Balaban J connectivity index is 2.42. The Labute approximate surface area is 109 Å². The fraction of sp³-hybridized carbons (Fsp3) is 0.333. The molecule has 0 saturated carbocycles. The molecule has 0 radical (unpaired) electrons. The van der Waals surface area contributed by atoms with Gasteiger partial charge in [0, 0.05) is 6.54 Å². The molecule has 0 bridgehead atoms. The number of fused-ring (bicyclic) bond motifs is 1. The molecule has 0 aliphatic heterocycles. The third kappa shape index (κ3) is 2.54. The minimum absolute atomic E-state index is 0.671. The maximum absolute atomic E-state index is 8.91. The number of aryl methyl sites for hydroxylation is 1. The molecular formula is C12H13N3S2. The number of nitrogens with one attached hydrogen (secondary N) is 1. The van der Waals surface area contributed by atoms with E-state index in [1.165, 1.54) is 0 Å². The van der Waals surface area contributed by atoms with Crippen LogP contribution in [0, 0.1) is 16.1 Å². The molecule has 0 aliphatic rings. The van der Waals surface area contributed by atoms with Crippen molar-refractivity contribution in [1.82, 2.24) is 9.55 Å². The van der Waals surface area contributed by atoms with Crippen molar-refractivity contribution in [2.24, 2.45) is 0 Å². The fourth-order valence-electron chi connectivity index (χ4n) is 1.81. The average Bonchev–Trinajstić information content (AvgIpc) is 2.65. The SMILES string of the molecule is CSCCCn1c(=S)[nH]c2ccc(C#N)cc21. The van der Waals surface area contributed by atoms with Crippen molar-refractivity contribution in [3.63, 3.8) is 0 Å². The largest absolute Gasteiger partial charge is 0.331 e. The van der Waals surface area contributed by atoms with Crippen LogP contribution >= 0.6 is 24.0 Å². The summed E-state index contributed by atoms with van der Waals surface area (Å²) in [6, 6.07) is 7.76. The summed E-state index contributed by atoms with van der Waals surface area (Å²) in [4.78, 5) is 3.17. The smallest absolute Gasteiger partial charge is 0.178 e. The van der Waals surface area contributed by atoms with Crippen molar-refractivity contribution in [2.45, 2.75) is 13.0 Å². The fourth-order valence-corrected chi connectivity index (χ4v) is 2.53. The molecule has 1 N–H and O–H groups in total. The molecule has 0 amide bonds. The normalized spacial score (nSPS) is 10.6. The summed E-state index contributed by atoms with van der Waals surface area (Å²) < 4.78 is 2.80. The van der Waals surface area contributed by atoms with Crippen molar-refractivity contribution in [3.8, 4) is 6.07 Å². The summed E-state index contributed by atoms with van der Waals surface area (Å²) in [6.45, 7) is 0.897. The summed E-state index contributed by atoms with van der Waals surface area (Å²) in [5.74, 6) is 1.12. The van der Waals surface area contributed by atoms with E-state index in [9.17, 15) is 0 Å². The summed E-state index contributed by atoms with van der Waals surface area (Å²) in [6.07, 6.45) is 3.18. The molecule has 0 atom stereocenters. The van der Waals surface area contributed by atoms with Crippen LogP contribution in [0.2, 0.25) is 0 Å². The minimum atomic E-state index is 0.671. The van der Waals surface area contributed by atoms with E-state index in [-0.39, 0.29) is 0 Å². The number of nitrogens with zero attached hydrogens (tertiary/aromatic N) is 2. The molecule has 88 valence electrons. The lowest BCUT2D eigenvalue weighted by molar-refractivity contribution is 0.694. The standard InChI is InChI=1S/C12H13N3S2/c1-17-6-2-5-15-11-7-9(8-13)3-4-10(11)14-12(15)16/h3-4,7H,2,5-6H2,1H3,(H,14,16). The monoisotopic (exact) mass is 263 g/mol. The molecule has 0 saturated heterocycles. The molecule has 1 aromatic heterocycles. The van der Waals surface area contributed by atoms with Gasteiger partial charge in [0.2, 0.25) is 0 Å². The molecule has 2 rings (SSSR count). The van der Waals surface area contributed by atoms with Crippen molar-refractivity contribution in [3.05, 3.63) is 28.5 Å². The second-order valence-electron chi connectivity index (χ2n) is 3.77. The van der Waals surface area contributed by atoms with E-state index in [0.29, 0.717) is 5.56 Å². The molecule has 1 aromatic carbocycles. The predicted molar refractivity (Wildman–Crippen MR) is 74.8 cm³/mol. The lowest BCUT2D eigenvalue weighted by Gasteiger charge is -2.03. The number of benzene rings is 1. The quantitative estimate of drug-likeness (QED) is 0.680. The summed E-state index contributed by atoms with van der Waals surface area (Å²) in [5, 5.41) is 8.91. The number of nitriles is 1. The average molecular weight is 263 g/mol. The van der Waals surface area contributed by atoms with E-state index in [0.717, 1.165) is 34.5 Å². The molecule has 17 heavy (non-hydrogen) atoms. The van der Waals surface area contributed by atoms with Gasteiger partial charge in [-0.2, -0.15) is 17.0 Å². The van der Waals surface area contributed by atoms with Gasteiger partial charge in [-0.3, -0.25) is 0 Å². The van der Waals surface area contributed by atoms with Gasteiger partial charge in [-0.05, 0) is 48.8 Å². The minimum Gasteiger partial charge on any atom is -0.331 e. The first-order chi connectivity index (χ1) is 8.26. The Morgan fingerprint density at radius 1 is 1.53 bits per heavy atom. The van der Waals surface area contributed by atoms with Gasteiger partial charge in [0.25, 0.3) is 0 Å². The number of aromatic nitrogens is 2. The van der Waals surface area contributed by atoms with Gasteiger partial charge in [0.15, 0.2) is 4.77 Å². The van der Waals surface area contributed by atoms with E-state index >= 15 is 0 Å². The van der Waals surface area contributed by atoms with E-state index in [1.807, 2.05) is 23.9 Å². The number of imidazole rings is 1. The zero-order valence-electron chi connectivity index (χ0n) is 9.56. The number of H-pyrrole nitrogens is 1. The van der Waals surface area contributed by atoms with Gasteiger partial charge in [-0.1, -0.05) is 0 Å². The third-order valence-electron chi connectivity index (χ3n) is 2.63. The van der Waals surface area contributed by atoms with Crippen molar-refractivity contribution < 1.29 is 0 Å². The van der Waals surface area contributed by atoms with Crippen LogP contribution in [0.25, 0.3) is 11.0 Å². The first-order valence-electron chi connectivity index (χ1n) is 5.38. The van der Waals surface area contributed by atoms with E-state index < -0.39 is 0 Å². The summed E-state index contributed by atoms with van der Waals surface area (Å²) in [7, 11) is 0. The zero-order chi connectivity index (χ0) is 12.3. The molecule has 0 aliphatic carbocycles. The Morgan fingerprint density at radius 2 is 2.35 bits per heavy atom. The highest BCUT2D eigenvalue weighted by atomic mass is 32.2. The molecule has 0 fully saturated rings. The van der Waals surface area contributed by atoms with Crippen LogP contribution in [0.3, 0.4) is 0 Å². The Bertz CT molecular complexity index is 619. The number of hydrogen-bond acceptors (Lipinski definition) is 3. The zero-order valence-corrected chi connectivity index (χ0v) is 11.2. The number of thioether (sulfide) groups is 1. The van der Waals surface area contributed by atoms with Gasteiger partial charge in [-0.25, -0.2) is 0 Å². The first kappa shape index (κ1) is 12.2. The van der Waals surface area contributed by atoms with Crippen LogP contribution in [0.5, 0.6) is 0 Å². The van der Waals surface area contributed by atoms with Gasteiger partial charge < -0.3 is 9.55 Å². The van der Waals surface area contributed by atoms with Crippen LogP contribution in [-0.2, 0) is 6.54 Å². The maximum Gasteiger partial charge on any atom is 0.178 e. The topological polar surface area (TPSA) is 44.5 Å². The molecule has 2 aromatic rings. The van der Waals surface area contributed by atoms with Crippen LogP contribution in [0.15, 0.2) is 18.2 Å². The maximum atomic E-state index is 8.91. The van der Waals surface area contributed by atoms with E-state index in [1.54, 1.807) is 6.07 Å². The van der Waals surface area contributed by atoms with Gasteiger partial charge in [-0.15, -0.1) is 0 Å². The second-order valence-corrected chi connectivity index (χ2v) is 5.14. The van der Waals surface area contributed by atoms with Crippen LogP contribution in [-0.4, -0.2) is 21.6 Å². The highest BCUT2D eigenvalue weighted by Crippen LogP contribution is 2.16. The van der Waals surface area contributed by atoms with Crippen LogP contribution in [0.4, 0.5) is 0 Å². The van der Waals surface area contributed by atoms with E-state index in [4.69, 9.17) is 17.5 Å². The lowest BCUT2D eigenvalue weighted by atomic mass is 10.2. The number of aromatic amines is 1. The molecule has 0 unspecified atom stereocenters. The molecule has 0 spiro atoms. The van der Waals surface area contributed by atoms with Crippen LogP contribution < -0.4 is 0 Å². The molecule has 3 nitrogen and oxygen atoms in total. The van der Waals surface area contributed by atoms with Crippen LogP contribution in [0.1, 0.15) is 12.0 Å². The third-order valence-corrected chi connectivity index (χ3v) is 3.65. The highest BCUT2D eigenvalue weighted by molar-refractivity contribution is 7.98. The number of rotatable bonds is 4. The van der Waals surface area contributed by atoms with Gasteiger partial charge >= 0.3 is 0 Å². The van der Waals surface area contributed by atoms with Crippen molar-refractivity contribution in [2.75, 3.05) is 12.0 Å². The van der Waals surface area contributed by atoms with Crippen molar-refractivity contribution >= 4 is 35.0 Å². The lowest BCUT2D eigenvalue weighted by Crippen LogP contribution is -1.99. The van der Waals surface area contributed by atoms with Crippen molar-refractivity contribution in [1.29, 1.82) is 5.26 Å². The molecule has 5 heteroatoms. The Hall–Kier alpha value is -1.25. The Morgan fingerprint density at radius 3 is 3.06 bits per heavy atom. The number of hydrogen-bond donors (Lipinski definition) is 1. The van der Waals surface area contributed by atoms with Gasteiger partial charge in [0.1, 0.15) is 0 Å².